The van der Waals surface area contributed by atoms with Gasteiger partial charge in [0, 0.05) is 19.5 Å². The summed E-state index contributed by atoms with van der Waals surface area (Å²) in [6.07, 6.45) is 7.55. The van der Waals surface area contributed by atoms with E-state index in [4.69, 9.17) is 11.6 Å². The van der Waals surface area contributed by atoms with Gasteiger partial charge >= 0.3 is 0 Å². The number of hydrogen-bond acceptors (Lipinski definition) is 3. The predicted octanol–water partition coefficient (Wildman–Crippen LogP) is 3.05. The van der Waals surface area contributed by atoms with Crippen LogP contribution < -0.4 is 5.32 Å². The number of imidazole rings is 1. The summed E-state index contributed by atoms with van der Waals surface area (Å²) in [4.78, 5) is 7.65. The fourth-order valence-corrected chi connectivity index (χ4v) is 3.04. The fourth-order valence-electron chi connectivity index (χ4n) is 2.83. The molecule has 1 aliphatic carbocycles. The highest BCUT2D eigenvalue weighted by Crippen LogP contribution is 2.23. The summed E-state index contributed by atoms with van der Waals surface area (Å²) >= 11 is 6.14. The van der Waals surface area contributed by atoms with Crippen LogP contribution in [0.4, 0.5) is 0 Å². The first-order valence-electron chi connectivity index (χ1n) is 7.82. The van der Waals surface area contributed by atoms with Gasteiger partial charge in [0.1, 0.15) is 5.82 Å². The zero-order valence-electron chi connectivity index (χ0n) is 12.3. The minimum atomic E-state index is -0.145. The number of aliphatic hydroxyl groups excluding tert-OH is 1. The average molecular weight is 300 g/mol. The van der Waals surface area contributed by atoms with Crippen molar-refractivity contribution in [3.63, 3.8) is 0 Å². The van der Waals surface area contributed by atoms with Crippen molar-refractivity contribution in [2.75, 3.05) is 6.54 Å². The van der Waals surface area contributed by atoms with Crippen LogP contribution in [0.2, 0.25) is 5.15 Å². The molecule has 1 saturated carbocycles. The van der Waals surface area contributed by atoms with Gasteiger partial charge in [-0.05, 0) is 25.2 Å². The Bertz CT molecular complexity index is 408. The molecule has 0 aliphatic heterocycles. The van der Waals surface area contributed by atoms with E-state index in [9.17, 15) is 5.11 Å². The van der Waals surface area contributed by atoms with Crippen molar-refractivity contribution in [2.45, 2.75) is 64.5 Å². The maximum atomic E-state index is 9.94. The van der Waals surface area contributed by atoms with Gasteiger partial charge in [-0.1, -0.05) is 37.8 Å². The van der Waals surface area contributed by atoms with Crippen LogP contribution in [-0.4, -0.2) is 27.7 Å². The van der Waals surface area contributed by atoms with E-state index in [0.717, 1.165) is 56.6 Å². The lowest BCUT2D eigenvalue weighted by Gasteiger charge is -2.27. The molecule has 2 atom stereocenters. The second-order valence-electron chi connectivity index (χ2n) is 5.80. The van der Waals surface area contributed by atoms with E-state index >= 15 is 0 Å². The summed E-state index contributed by atoms with van der Waals surface area (Å²) in [6, 6.07) is 0. The van der Waals surface area contributed by atoms with Crippen molar-refractivity contribution in [3.8, 4) is 0 Å². The minimum absolute atomic E-state index is 0.145. The third kappa shape index (κ3) is 4.47. The second-order valence-corrected chi connectivity index (χ2v) is 6.16. The van der Waals surface area contributed by atoms with E-state index in [2.05, 4.69) is 22.2 Å². The summed E-state index contributed by atoms with van der Waals surface area (Å²) in [5.74, 6) is 1.36. The van der Waals surface area contributed by atoms with Gasteiger partial charge in [0.2, 0.25) is 0 Å². The number of hydrogen-bond donors (Lipinski definition) is 3. The number of unbranched alkanes of at least 4 members (excludes halogenated alkanes) is 1. The van der Waals surface area contributed by atoms with E-state index in [1.807, 2.05) is 0 Å². The number of H-pyrrole nitrogens is 1. The van der Waals surface area contributed by atoms with Gasteiger partial charge in [-0.3, -0.25) is 0 Å². The molecule has 20 heavy (non-hydrogen) atoms. The lowest BCUT2D eigenvalue weighted by Crippen LogP contribution is -2.33. The molecule has 1 aromatic rings. The van der Waals surface area contributed by atoms with E-state index in [1.54, 1.807) is 0 Å². The molecule has 0 radical (unpaired) electrons. The molecule has 0 amide bonds. The number of rotatable bonds is 7. The maximum Gasteiger partial charge on any atom is 0.151 e. The van der Waals surface area contributed by atoms with Crippen LogP contribution in [0.5, 0.6) is 0 Å². The number of halogens is 1. The highest BCUT2D eigenvalue weighted by atomic mass is 35.5. The zero-order valence-corrected chi connectivity index (χ0v) is 13.0. The smallest absolute Gasteiger partial charge is 0.151 e. The zero-order chi connectivity index (χ0) is 14.4. The molecule has 0 bridgehead atoms. The molecule has 3 N–H and O–H groups in total. The number of nitrogens with one attached hydrogen (secondary N) is 2. The summed E-state index contributed by atoms with van der Waals surface area (Å²) < 4.78 is 0. The van der Waals surface area contributed by atoms with Crippen LogP contribution in [0.25, 0.3) is 0 Å². The number of nitrogens with zero attached hydrogens (tertiary/aromatic N) is 1. The van der Waals surface area contributed by atoms with Crippen molar-refractivity contribution in [1.82, 2.24) is 15.3 Å². The van der Waals surface area contributed by atoms with Crippen molar-refractivity contribution >= 4 is 11.6 Å². The molecular weight excluding hydrogens is 274 g/mol. The number of aliphatic hydroxyl groups is 1. The lowest BCUT2D eigenvalue weighted by molar-refractivity contribution is 0.0694. The van der Waals surface area contributed by atoms with Crippen molar-refractivity contribution in [3.05, 3.63) is 16.7 Å². The van der Waals surface area contributed by atoms with Gasteiger partial charge in [0.15, 0.2) is 5.15 Å². The van der Waals surface area contributed by atoms with Gasteiger partial charge in [-0.2, -0.15) is 0 Å². The molecule has 2 rings (SSSR count). The van der Waals surface area contributed by atoms with Gasteiger partial charge in [-0.25, -0.2) is 4.98 Å². The van der Waals surface area contributed by atoms with E-state index in [1.165, 1.54) is 6.42 Å². The highest BCUT2D eigenvalue weighted by molar-refractivity contribution is 6.30. The topological polar surface area (TPSA) is 60.9 Å². The van der Waals surface area contributed by atoms with Crippen LogP contribution in [0.1, 0.15) is 57.0 Å². The molecule has 1 heterocycles. The van der Waals surface area contributed by atoms with Crippen LogP contribution in [0, 0.1) is 5.92 Å². The predicted molar refractivity (Wildman–Crippen MR) is 81.9 cm³/mol. The van der Waals surface area contributed by atoms with Gasteiger partial charge in [0.05, 0.1) is 11.8 Å². The van der Waals surface area contributed by atoms with Crippen molar-refractivity contribution < 1.29 is 5.11 Å². The van der Waals surface area contributed by atoms with E-state index < -0.39 is 0 Å². The van der Waals surface area contributed by atoms with Gasteiger partial charge < -0.3 is 15.4 Å². The second kappa shape index (κ2) is 8.01. The Morgan fingerprint density at radius 1 is 1.40 bits per heavy atom. The molecule has 1 fully saturated rings. The van der Waals surface area contributed by atoms with E-state index in [-0.39, 0.29) is 6.10 Å². The highest BCUT2D eigenvalue weighted by Gasteiger charge is 2.22. The first-order chi connectivity index (χ1) is 9.70. The summed E-state index contributed by atoms with van der Waals surface area (Å²) in [5.41, 5.74) is 0.961. The van der Waals surface area contributed by atoms with Crippen LogP contribution >= 0.6 is 11.6 Å². The standard InChI is InChI=1S/C15H26ClN3O/c1-2-3-8-14-18-12(15(16)19-14)10-17-9-11-6-4-5-7-13(11)20/h11,13,17,20H,2-10H2,1H3,(H,18,19). The Kier molecular flexibility index (Phi) is 6.33. The third-order valence-electron chi connectivity index (χ3n) is 4.12. The number of aromatic amines is 1. The Morgan fingerprint density at radius 3 is 2.95 bits per heavy atom. The monoisotopic (exact) mass is 299 g/mol. The fraction of sp³-hybridized carbons (Fsp3) is 0.800. The minimum Gasteiger partial charge on any atom is -0.393 e. The van der Waals surface area contributed by atoms with Crippen LogP contribution in [-0.2, 0) is 13.0 Å². The Balaban J connectivity index is 1.77. The molecular formula is C15H26ClN3O. The largest absolute Gasteiger partial charge is 0.393 e. The van der Waals surface area contributed by atoms with Crippen LogP contribution in [0.3, 0.4) is 0 Å². The van der Waals surface area contributed by atoms with E-state index in [0.29, 0.717) is 17.6 Å². The summed E-state index contributed by atoms with van der Waals surface area (Å²) in [6.45, 7) is 3.71. The molecule has 1 aromatic heterocycles. The third-order valence-corrected chi connectivity index (χ3v) is 4.43. The number of aromatic nitrogens is 2. The SMILES string of the molecule is CCCCc1nc(Cl)c(CNCC2CCCCC2O)[nH]1. The average Bonchev–Trinajstić information content (AvgIpc) is 2.79. The lowest BCUT2D eigenvalue weighted by atomic mass is 9.86. The Hall–Kier alpha value is -0.580. The molecule has 5 heteroatoms. The van der Waals surface area contributed by atoms with Gasteiger partial charge in [0.25, 0.3) is 0 Å². The maximum absolute atomic E-state index is 9.94. The molecule has 4 nitrogen and oxygen atoms in total. The molecule has 2 unspecified atom stereocenters. The Labute approximate surface area is 126 Å². The number of aryl methyl sites for hydroxylation is 1. The Morgan fingerprint density at radius 2 is 2.20 bits per heavy atom. The molecule has 114 valence electrons. The normalized spacial score (nSPS) is 23.1. The van der Waals surface area contributed by atoms with Gasteiger partial charge in [-0.15, -0.1) is 0 Å². The molecule has 1 aliphatic rings. The first kappa shape index (κ1) is 15.8. The summed E-state index contributed by atoms with van der Waals surface area (Å²) in [5, 5.41) is 13.9. The molecule has 0 spiro atoms. The van der Waals surface area contributed by atoms with Crippen molar-refractivity contribution in [2.24, 2.45) is 5.92 Å². The molecule has 0 aromatic carbocycles. The first-order valence-corrected chi connectivity index (χ1v) is 8.20. The quantitative estimate of drug-likeness (QED) is 0.725. The van der Waals surface area contributed by atoms with Crippen LogP contribution in [0.15, 0.2) is 0 Å². The van der Waals surface area contributed by atoms with Crippen molar-refractivity contribution in [1.29, 1.82) is 0 Å². The summed E-state index contributed by atoms with van der Waals surface area (Å²) in [7, 11) is 0. The molecule has 0 saturated heterocycles.